The van der Waals surface area contributed by atoms with Crippen molar-refractivity contribution in [1.29, 1.82) is 0 Å². The Morgan fingerprint density at radius 1 is 0.500 bits per heavy atom. The molecule has 0 saturated carbocycles. The number of rotatable bonds is 10. The van der Waals surface area contributed by atoms with E-state index in [2.05, 4.69) is 92.7 Å². The molecule has 0 aliphatic rings. The van der Waals surface area contributed by atoms with Crippen molar-refractivity contribution in [2.75, 3.05) is 24.1 Å². The van der Waals surface area contributed by atoms with Crippen LogP contribution in [0.2, 0.25) is 0 Å². The van der Waals surface area contributed by atoms with E-state index in [1.807, 2.05) is 97.2 Å². The zero-order chi connectivity index (χ0) is 27.6. The third-order valence-corrected chi connectivity index (χ3v) is 6.61. The average molecular weight is 527 g/mol. The summed E-state index contributed by atoms with van der Waals surface area (Å²) in [5.74, 6) is 0. The maximum absolute atomic E-state index is 4.54. The molecule has 5 rings (SSSR count). The van der Waals surface area contributed by atoms with E-state index in [4.69, 9.17) is 0 Å². The lowest BCUT2D eigenvalue weighted by atomic mass is 10.1. The molecule has 6 nitrogen and oxygen atoms in total. The van der Waals surface area contributed by atoms with Gasteiger partial charge in [0.2, 0.25) is 0 Å². The van der Waals surface area contributed by atoms with Crippen LogP contribution < -0.4 is 19.2 Å². The third-order valence-electron chi connectivity index (χ3n) is 6.61. The second-order valence-corrected chi connectivity index (χ2v) is 9.63. The fourth-order valence-electron chi connectivity index (χ4n) is 4.22. The largest absolute Gasteiger partial charge is 0.269 e. The van der Waals surface area contributed by atoms with Crippen LogP contribution in [-0.4, -0.2) is 26.5 Å². The molecule has 3 aromatic carbocycles. The molecule has 0 fully saturated rings. The van der Waals surface area contributed by atoms with Gasteiger partial charge >= 0.3 is 0 Å². The molecule has 0 radical (unpaired) electrons. The number of para-hydroxylation sites is 2. The smallest absolute Gasteiger partial charge is 0.173 e. The van der Waals surface area contributed by atoms with E-state index in [9.17, 15) is 0 Å². The summed E-state index contributed by atoms with van der Waals surface area (Å²) < 4.78 is 4.36. The molecule has 5 aromatic rings. The van der Waals surface area contributed by atoms with Gasteiger partial charge in [-0.25, -0.2) is 9.13 Å². The van der Waals surface area contributed by atoms with Gasteiger partial charge in [-0.05, 0) is 24.3 Å². The van der Waals surface area contributed by atoms with Crippen molar-refractivity contribution < 1.29 is 9.13 Å². The molecule has 0 bridgehead atoms. The molecular formula is C34H34N6+2. The van der Waals surface area contributed by atoms with E-state index in [0.29, 0.717) is 0 Å². The van der Waals surface area contributed by atoms with E-state index in [0.717, 1.165) is 35.6 Å². The van der Waals surface area contributed by atoms with E-state index in [1.54, 1.807) is 0 Å². The monoisotopic (exact) mass is 526 g/mol. The van der Waals surface area contributed by atoms with Crippen LogP contribution in [0.15, 0.2) is 144 Å². The Labute approximate surface area is 236 Å². The Morgan fingerprint density at radius 3 is 1.20 bits per heavy atom. The lowest BCUT2D eigenvalue weighted by molar-refractivity contribution is -0.689. The molecular weight excluding hydrogens is 492 g/mol. The summed E-state index contributed by atoms with van der Waals surface area (Å²) in [5, 5.41) is 12.8. The van der Waals surface area contributed by atoms with Crippen LogP contribution in [0.3, 0.4) is 0 Å². The van der Waals surface area contributed by atoms with Gasteiger partial charge in [-0.15, -0.1) is 0 Å². The van der Waals surface area contributed by atoms with Crippen molar-refractivity contribution in [1.82, 2.24) is 0 Å². The standard InChI is InChI=1S/C34H34N6/c1-37(33-9-5-3-6-10-33)35-25-29-17-21-39(22-18-29)27-31-13-15-32(16-14-31)28-40-23-19-30(20-24-40)26-36-38(2)34-11-7-4-8-12-34/h3-26H,27-28H2,1-2H3/q+2. The third kappa shape index (κ3) is 7.48. The van der Waals surface area contributed by atoms with Gasteiger partial charge in [0.05, 0.1) is 23.8 Å². The Kier molecular flexibility index (Phi) is 8.69. The summed E-state index contributed by atoms with van der Waals surface area (Å²) in [4.78, 5) is 0. The fraction of sp³-hybridized carbons (Fsp3) is 0.118. The highest BCUT2D eigenvalue weighted by Crippen LogP contribution is 2.12. The lowest BCUT2D eigenvalue weighted by Gasteiger charge is -2.11. The van der Waals surface area contributed by atoms with Crippen molar-refractivity contribution in [3.63, 3.8) is 0 Å². The van der Waals surface area contributed by atoms with E-state index < -0.39 is 0 Å². The number of aromatic nitrogens is 2. The SMILES string of the molecule is CN(N=Cc1cc[n+](Cc2ccc(C[n+]3ccc(C=NN(C)c4ccccc4)cc3)cc2)cc1)c1ccccc1. The van der Waals surface area contributed by atoms with E-state index >= 15 is 0 Å². The first-order valence-electron chi connectivity index (χ1n) is 13.3. The molecule has 0 aliphatic heterocycles. The molecule has 0 atom stereocenters. The average Bonchev–Trinajstić information content (AvgIpc) is 3.02. The van der Waals surface area contributed by atoms with Crippen LogP contribution in [0, 0.1) is 0 Å². The molecule has 0 aliphatic carbocycles. The second-order valence-electron chi connectivity index (χ2n) is 9.63. The highest BCUT2D eigenvalue weighted by atomic mass is 15.4. The minimum Gasteiger partial charge on any atom is -0.269 e. The summed E-state index contributed by atoms with van der Waals surface area (Å²) in [7, 11) is 3.91. The van der Waals surface area contributed by atoms with Crippen LogP contribution in [0.5, 0.6) is 0 Å². The van der Waals surface area contributed by atoms with Crippen LogP contribution in [0.4, 0.5) is 11.4 Å². The number of pyridine rings is 2. The van der Waals surface area contributed by atoms with Gasteiger partial charge in [0, 0.05) is 60.6 Å². The van der Waals surface area contributed by atoms with Gasteiger partial charge < -0.3 is 0 Å². The van der Waals surface area contributed by atoms with Crippen molar-refractivity contribution >= 4 is 23.8 Å². The molecule has 198 valence electrons. The van der Waals surface area contributed by atoms with Crippen LogP contribution in [-0.2, 0) is 13.1 Å². The maximum atomic E-state index is 4.54. The molecule has 0 N–H and O–H groups in total. The molecule has 0 unspecified atom stereocenters. The first-order chi connectivity index (χ1) is 19.6. The highest BCUT2D eigenvalue weighted by molar-refractivity contribution is 5.80. The second kappa shape index (κ2) is 13.1. The number of hydrogen-bond donors (Lipinski definition) is 0. The molecule has 6 heteroatoms. The summed E-state index contributed by atoms with van der Waals surface area (Å²) in [6.45, 7) is 1.64. The van der Waals surface area contributed by atoms with Crippen molar-refractivity contribution in [2.45, 2.75) is 13.1 Å². The summed E-state index contributed by atoms with van der Waals surface area (Å²) in [6, 6.07) is 37.4. The van der Waals surface area contributed by atoms with Crippen LogP contribution >= 0.6 is 0 Å². The number of benzene rings is 3. The molecule has 2 heterocycles. The molecule has 0 saturated heterocycles. The van der Waals surface area contributed by atoms with Gasteiger partial charge in [-0.1, -0.05) is 60.7 Å². The topological polar surface area (TPSA) is 39.0 Å². The van der Waals surface area contributed by atoms with Crippen LogP contribution in [0.1, 0.15) is 22.3 Å². The zero-order valence-corrected chi connectivity index (χ0v) is 23.0. The number of nitrogens with zero attached hydrogens (tertiary/aromatic N) is 6. The zero-order valence-electron chi connectivity index (χ0n) is 23.0. The van der Waals surface area contributed by atoms with E-state index in [-0.39, 0.29) is 0 Å². The van der Waals surface area contributed by atoms with Crippen molar-refractivity contribution in [2.24, 2.45) is 10.2 Å². The Bertz CT molecular complexity index is 1410. The van der Waals surface area contributed by atoms with Crippen molar-refractivity contribution in [3.8, 4) is 0 Å². The molecule has 2 aromatic heterocycles. The van der Waals surface area contributed by atoms with Gasteiger partial charge in [0.1, 0.15) is 0 Å². The highest BCUT2D eigenvalue weighted by Gasteiger charge is 2.07. The van der Waals surface area contributed by atoms with Gasteiger partial charge in [0.15, 0.2) is 37.9 Å². The summed E-state index contributed by atoms with van der Waals surface area (Å²) in [6.07, 6.45) is 12.1. The molecule has 0 spiro atoms. The molecule has 40 heavy (non-hydrogen) atoms. The van der Waals surface area contributed by atoms with Gasteiger partial charge in [-0.2, -0.15) is 10.2 Å². The van der Waals surface area contributed by atoms with Crippen LogP contribution in [0.25, 0.3) is 0 Å². The lowest BCUT2D eigenvalue weighted by Crippen LogP contribution is -2.34. The Morgan fingerprint density at radius 2 is 0.850 bits per heavy atom. The normalized spacial score (nSPS) is 11.2. The minimum absolute atomic E-state index is 0.820. The van der Waals surface area contributed by atoms with Gasteiger partial charge in [0.25, 0.3) is 0 Å². The minimum atomic E-state index is 0.820. The first-order valence-corrected chi connectivity index (χ1v) is 13.3. The first kappa shape index (κ1) is 26.5. The maximum Gasteiger partial charge on any atom is 0.173 e. The molecule has 0 amide bonds. The predicted molar refractivity (Wildman–Crippen MR) is 163 cm³/mol. The Balaban J connectivity index is 1.12. The van der Waals surface area contributed by atoms with Gasteiger partial charge in [-0.3, -0.25) is 10.0 Å². The van der Waals surface area contributed by atoms with E-state index in [1.165, 1.54) is 11.1 Å². The summed E-state index contributed by atoms with van der Waals surface area (Å²) in [5.41, 5.74) is 6.76. The summed E-state index contributed by atoms with van der Waals surface area (Å²) >= 11 is 0. The number of hydrogen-bond acceptors (Lipinski definition) is 4. The number of anilines is 2. The Hall–Kier alpha value is -5.10. The van der Waals surface area contributed by atoms with Crippen molar-refractivity contribution in [3.05, 3.63) is 156 Å². The number of hydrazone groups is 2. The fourth-order valence-corrected chi connectivity index (χ4v) is 4.22. The predicted octanol–water partition coefficient (Wildman–Crippen LogP) is 5.30. The quantitative estimate of drug-likeness (QED) is 0.141.